The number of rotatable bonds is 6. The molecule has 0 amide bonds. The third-order valence-electron chi connectivity index (χ3n) is 2.87. The zero-order valence-electron chi connectivity index (χ0n) is 11.5. The molecule has 0 aliphatic heterocycles. The van der Waals surface area contributed by atoms with Crippen molar-refractivity contribution in [3.8, 4) is 0 Å². The van der Waals surface area contributed by atoms with E-state index in [2.05, 4.69) is 0 Å². The largest absolute Gasteiger partial charge is 0.397 e. The summed E-state index contributed by atoms with van der Waals surface area (Å²) in [6.07, 6.45) is 0. The molecule has 1 aromatic rings. The molecule has 7 heteroatoms. The highest BCUT2D eigenvalue weighted by atomic mass is 32.2. The fourth-order valence-corrected chi connectivity index (χ4v) is 2.70. The summed E-state index contributed by atoms with van der Waals surface area (Å²) in [7, 11) is -0.524. The van der Waals surface area contributed by atoms with Gasteiger partial charge < -0.3 is 15.7 Å². The first-order valence-electron chi connectivity index (χ1n) is 6.02. The van der Waals surface area contributed by atoms with Gasteiger partial charge in [-0.15, -0.1) is 0 Å². The molecule has 0 unspecified atom stereocenters. The molecule has 0 saturated carbocycles. The van der Waals surface area contributed by atoms with E-state index in [1.807, 2.05) is 11.8 Å². The van der Waals surface area contributed by atoms with Crippen molar-refractivity contribution in [1.82, 2.24) is 4.31 Å². The van der Waals surface area contributed by atoms with Gasteiger partial charge in [0.2, 0.25) is 10.0 Å². The first-order valence-corrected chi connectivity index (χ1v) is 7.46. The second-order valence-electron chi connectivity index (χ2n) is 4.31. The molecule has 0 aliphatic carbocycles. The Bertz CT molecular complexity index is 529. The molecule has 1 rings (SSSR count). The molecule has 0 radical (unpaired) electrons. The van der Waals surface area contributed by atoms with Gasteiger partial charge in [-0.25, -0.2) is 12.7 Å². The second-order valence-corrected chi connectivity index (χ2v) is 6.46. The first-order chi connectivity index (χ1) is 8.84. The van der Waals surface area contributed by atoms with Crippen molar-refractivity contribution in [2.75, 3.05) is 44.4 Å². The third-order valence-corrected chi connectivity index (χ3v) is 4.68. The number of likely N-dealkylation sites (N-methyl/N-ethyl adjacent to an activating group) is 1. The minimum Gasteiger partial charge on any atom is -0.397 e. The molecule has 0 bridgehead atoms. The summed E-state index contributed by atoms with van der Waals surface area (Å²) in [5, 5.41) is 8.99. The maximum Gasteiger partial charge on any atom is 0.242 e. The number of nitrogens with zero attached hydrogens (tertiary/aromatic N) is 2. The van der Waals surface area contributed by atoms with Crippen molar-refractivity contribution in [2.45, 2.75) is 11.8 Å². The van der Waals surface area contributed by atoms with Crippen LogP contribution in [0.5, 0.6) is 0 Å². The zero-order chi connectivity index (χ0) is 14.6. The summed E-state index contributed by atoms with van der Waals surface area (Å²) in [6.45, 7) is 3.11. The molecule has 0 heterocycles. The molecule has 19 heavy (non-hydrogen) atoms. The van der Waals surface area contributed by atoms with E-state index in [-0.39, 0.29) is 11.5 Å². The van der Waals surface area contributed by atoms with Crippen LogP contribution in [0.3, 0.4) is 0 Å². The molecule has 108 valence electrons. The Morgan fingerprint density at radius 3 is 2.37 bits per heavy atom. The number of anilines is 2. The van der Waals surface area contributed by atoms with Gasteiger partial charge in [0.05, 0.1) is 22.9 Å². The number of sulfonamides is 1. The van der Waals surface area contributed by atoms with E-state index in [1.165, 1.54) is 26.2 Å². The van der Waals surface area contributed by atoms with Crippen LogP contribution in [0.4, 0.5) is 11.4 Å². The van der Waals surface area contributed by atoms with Crippen molar-refractivity contribution in [3.63, 3.8) is 0 Å². The predicted octanol–water partition coefficient (Wildman–Crippen LogP) is 0.338. The molecule has 0 aliphatic rings. The fourth-order valence-electron chi connectivity index (χ4n) is 1.76. The average Bonchev–Trinajstić information content (AvgIpc) is 2.36. The number of nitrogens with two attached hydrogens (primary N) is 1. The van der Waals surface area contributed by atoms with Crippen molar-refractivity contribution in [3.05, 3.63) is 18.2 Å². The van der Waals surface area contributed by atoms with Crippen LogP contribution in [0, 0.1) is 0 Å². The van der Waals surface area contributed by atoms with Crippen LogP contribution in [0.2, 0.25) is 0 Å². The third kappa shape index (κ3) is 3.37. The summed E-state index contributed by atoms with van der Waals surface area (Å²) < 4.78 is 25.1. The maximum absolute atomic E-state index is 12.0. The zero-order valence-corrected chi connectivity index (χ0v) is 12.3. The Morgan fingerprint density at radius 1 is 1.32 bits per heavy atom. The van der Waals surface area contributed by atoms with Crippen molar-refractivity contribution >= 4 is 21.4 Å². The highest BCUT2D eigenvalue weighted by Crippen LogP contribution is 2.27. The van der Waals surface area contributed by atoms with Crippen LogP contribution in [0.15, 0.2) is 23.1 Å². The number of nitrogen functional groups attached to an aromatic ring is 1. The van der Waals surface area contributed by atoms with Gasteiger partial charge >= 0.3 is 0 Å². The second kappa shape index (κ2) is 6.23. The molecule has 0 saturated heterocycles. The number of hydrogen-bond donors (Lipinski definition) is 2. The summed E-state index contributed by atoms with van der Waals surface area (Å²) in [5.41, 5.74) is 7.04. The number of hydrogen-bond acceptors (Lipinski definition) is 5. The molecule has 0 spiro atoms. The van der Waals surface area contributed by atoms with E-state index in [9.17, 15) is 8.42 Å². The molecule has 0 aromatic heterocycles. The van der Waals surface area contributed by atoms with Crippen LogP contribution in [-0.4, -0.2) is 51.6 Å². The molecule has 3 N–H and O–H groups in total. The highest BCUT2D eigenvalue weighted by molar-refractivity contribution is 7.89. The van der Waals surface area contributed by atoms with Gasteiger partial charge in [-0.05, 0) is 25.1 Å². The van der Waals surface area contributed by atoms with E-state index < -0.39 is 10.0 Å². The van der Waals surface area contributed by atoms with Gasteiger partial charge in [0.1, 0.15) is 0 Å². The lowest BCUT2D eigenvalue weighted by Crippen LogP contribution is -2.27. The topological polar surface area (TPSA) is 86.9 Å². The lowest BCUT2D eigenvalue weighted by molar-refractivity contribution is 0.302. The predicted molar refractivity (Wildman–Crippen MR) is 76.7 cm³/mol. The minimum atomic E-state index is -3.48. The van der Waals surface area contributed by atoms with Crippen LogP contribution in [0.25, 0.3) is 0 Å². The Hall–Kier alpha value is -1.31. The Morgan fingerprint density at radius 2 is 1.95 bits per heavy atom. The Balaban J connectivity index is 3.17. The van der Waals surface area contributed by atoms with E-state index >= 15 is 0 Å². The molecule has 1 aromatic carbocycles. The summed E-state index contributed by atoms with van der Waals surface area (Å²) >= 11 is 0. The van der Waals surface area contributed by atoms with Gasteiger partial charge in [-0.1, -0.05) is 0 Å². The Labute approximate surface area is 114 Å². The summed E-state index contributed by atoms with van der Waals surface area (Å²) in [5.74, 6) is 0. The van der Waals surface area contributed by atoms with Gasteiger partial charge in [-0.3, -0.25) is 0 Å². The van der Waals surface area contributed by atoms with Gasteiger partial charge in [0.25, 0.3) is 0 Å². The van der Waals surface area contributed by atoms with Crippen LogP contribution in [-0.2, 0) is 10.0 Å². The van der Waals surface area contributed by atoms with Crippen LogP contribution < -0.4 is 10.6 Å². The van der Waals surface area contributed by atoms with Gasteiger partial charge in [0, 0.05) is 27.2 Å². The standard InChI is InChI=1S/C12H21N3O3S/c1-4-15(7-8-16)12-6-5-10(9-11(12)13)19(17,18)14(2)3/h5-6,9,16H,4,7-8,13H2,1-3H3. The van der Waals surface area contributed by atoms with Crippen LogP contribution >= 0.6 is 0 Å². The van der Waals surface area contributed by atoms with E-state index in [1.54, 1.807) is 6.07 Å². The Kier molecular flexibility index (Phi) is 5.16. The van der Waals surface area contributed by atoms with Gasteiger partial charge in [-0.2, -0.15) is 0 Å². The minimum absolute atomic E-state index is 0.0189. The van der Waals surface area contributed by atoms with E-state index in [0.717, 1.165) is 9.99 Å². The first kappa shape index (κ1) is 15.7. The summed E-state index contributed by atoms with van der Waals surface area (Å²) in [6, 6.07) is 4.65. The normalized spacial score (nSPS) is 11.8. The molecular formula is C12H21N3O3S. The lowest BCUT2D eigenvalue weighted by Gasteiger charge is -2.24. The molecular weight excluding hydrogens is 266 g/mol. The average molecular weight is 287 g/mol. The van der Waals surface area contributed by atoms with Crippen molar-refractivity contribution in [2.24, 2.45) is 0 Å². The van der Waals surface area contributed by atoms with E-state index in [0.29, 0.717) is 18.8 Å². The fraction of sp³-hybridized carbons (Fsp3) is 0.500. The quantitative estimate of drug-likeness (QED) is 0.737. The van der Waals surface area contributed by atoms with Crippen molar-refractivity contribution in [1.29, 1.82) is 0 Å². The van der Waals surface area contributed by atoms with Crippen LogP contribution in [0.1, 0.15) is 6.92 Å². The van der Waals surface area contributed by atoms with E-state index in [4.69, 9.17) is 10.8 Å². The number of benzene rings is 1. The smallest absolute Gasteiger partial charge is 0.242 e. The molecule has 0 fully saturated rings. The van der Waals surface area contributed by atoms with Gasteiger partial charge in [0.15, 0.2) is 0 Å². The number of aliphatic hydroxyl groups excluding tert-OH is 1. The molecule has 0 atom stereocenters. The van der Waals surface area contributed by atoms with Crippen molar-refractivity contribution < 1.29 is 13.5 Å². The SMILES string of the molecule is CCN(CCO)c1ccc(S(=O)(=O)N(C)C)cc1N. The number of aliphatic hydroxyl groups is 1. The summed E-state index contributed by atoms with van der Waals surface area (Å²) in [4.78, 5) is 2.06. The monoisotopic (exact) mass is 287 g/mol. The molecule has 6 nitrogen and oxygen atoms in total. The lowest BCUT2D eigenvalue weighted by atomic mass is 10.2. The highest BCUT2D eigenvalue weighted by Gasteiger charge is 2.19. The maximum atomic E-state index is 12.0.